The second kappa shape index (κ2) is 6.21. The third-order valence-electron chi connectivity index (χ3n) is 3.07. The summed E-state index contributed by atoms with van der Waals surface area (Å²) in [5.74, 6) is -0.991. The van der Waals surface area contributed by atoms with E-state index in [1.165, 1.54) is 24.3 Å². The van der Waals surface area contributed by atoms with Gasteiger partial charge in [-0.05, 0) is 35.9 Å². The predicted molar refractivity (Wildman–Crippen MR) is 77.4 cm³/mol. The number of amidine groups is 1. The second-order valence-electron chi connectivity index (χ2n) is 4.64. The molecular weight excluding hydrogens is 276 g/mol. The number of hydrogen-bond acceptors (Lipinski definition) is 3. The minimum absolute atomic E-state index is 0.159. The maximum atomic E-state index is 14.1. The zero-order valence-electron chi connectivity index (χ0n) is 11.4. The van der Waals surface area contributed by atoms with Crippen LogP contribution in [0.5, 0.6) is 0 Å². The van der Waals surface area contributed by atoms with Crippen molar-refractivity contribution < 1.29 is 14.0 Å². The van der Waals surface area contributed by atoms with Gasteiger partial charge >= 0.3 is 0 Å². The molecule has 2 rings (SSSR count). The van der Waals surface area contributed by atoms with Gasteiger partial charge in [0.25, 0.3) is 0 Å². The Labute approximate surface area is 121 Å². The quantitative estimate of drug-likeness (QED) is 0.394. The number of nitrogens with two attached hydrogens (primary N) is 1. The first-order valence-electron chi connectivity index (χ1n) is 6.24. The first-order valence-corrected chi connectivity index (χ1v) is 6.24. The smallest absolute Gasteiger partial charge is 0.170 e. The summed E-state index contributed by atoms with van der Waals surface area (Å²) >= 11 is 0. The zero-order chi connectivity index (χ0) is 15.4. The van der Waals surface area contributed by atoms with E-state index in [4.69, 9.17) is 10.9 Å². The topological polar surface area (TPSA) is 61.8 Å². The predicted octanol–water partition coefficient (Wildman–Crippen LogP) is 2.70. The Morgan fingerprint density at radius 3 is 2.62 bits per heavy atom. The van der Waals surface area contributed by atoms with E-state index in [-0.39, 0.29) is 17.2 Å². The van der Waals surface area contributed by atoms with Gasteiger partial charge in [0.15, 0.2) is 5.84 Å². The Morgan fingerprint density at radius 2 is 2.00 bits per heavy atom. The number of nitrogens with zero attached hydrogens (tertiary/aromatic N) is 2. The van der Waals surface area contributed by atoms with Crippen LogP contribution in [0.15, 0.2) is 47.6 Å². The van der Waals surface area contributed by atoms with E-state index in [2.05, 4.69) is 5.16 Å². The van der Waals surface area contributed by atoms with Crippen LogP contribution in [-0.4, -0.2) is 18.1 Å². The summed E-state index contributed by atoms with van der Waals surface area (Å²) in [6.45, 7) is 0.359. The number of halogens is 2. The van der Waals surface area contributed by atoms with Crippen LogP contribution in [0.3, 0.4) is 0 Å². The average Bonchev–Trinajstić information content (AvgIpc) is 2.46. The van der Waals surface area contributed by atoms with Gasteiger partial charge in [0.2, 0.25) is 0 Å². The van der Waals surface area contributed by atoms with Crippen molar-refractivity contribution in [3.8, 4) is 0 Å². The van der Waals surface area contributed by atoms with Gasteiger partial charge in [-0.2, -0.15) is 0 Å². The van der Waals surface area contributed by atoms with Crippen LogP contribution >= 0.6 is 0 Å². The van der Waals surface area contributed by atoms with Gasteiger partial charge in [-0.25, -0.2) is 8.78 Å². The van der Waals surface area contributed by atoms with E-state index < -0.39 is 5.82 Å². The molecule has 6 heteroatoms. The van der Waals surface area contributed by atoms with Crippen molar-refractivity contribution >= 4 is 11.5 Å². The largest absolute Gasteiger partial charge is 0.409 e. The summed E-state index contributed by atoms with van der Waals surface area (Å²) < 4.78 is 27.2. The Bertz CT molecular complexity index is 674. The summed E-state index contributed by atoms with van der Waals surface area (Å²) in [6, 6.07) is 10.4. The van der Waals surface area contributed by atoms with Crippen LogP contribution < -0.4 is 10.6 Å². The van der Waals surface area contributed by atoms with Crippen LogP contribution in [-0.2, 0) is 6.54 Å². The fraction of sp³-hybridized carbons (Fsp3) is 0.133. The number of rotatable bonds is 4. The van der Waals surface area contributed by atoms with Crippen molar-refractivity contribution in [3.05, 3.63) is 65.2 Å². The molecule has 3 N–H and O–H groups in total. The second-order valence-corrected chi connectivity index (χ2v) is 4.64. The molecule has 21 heavy (non-hydrogen) atoms. The summed E-state index contributed by atoms with van der Waals surface area (Å²) in [5.41, 5.74) is 6.77. The van der Waals surface area contributed by atoms with Gasteiger partial charge in [-0.15, -0.1) is 0 Å². The molecule has 0 atom stereocenters. The molecule has 0 bridgehead atoms. The SMILES string of the molecule is CN(Cc1cccc(F)c1)c1ccc(/C(N)=N/O)cc1F. The number of hydrogen-bond donors (Lipinski definition) is 2. The Kier molecular flexibility index (Phi) is 4.37. The first kappa shape index (κ1) is 14.8. The fourth-order valence-electron chi connectivity index (χ4n) is 2.03. The number of oxime groups is 1. The van der Waals surface area contributed by atoms with E-state index >= 15 is 0 Å². The van der Waals surface area contributed by atoms with Crippen LogP contribution in [0.4, 0.5) is 14.5 Å². The standard InChI is InChI=1S/C15H15F2N3O/c1-20(9-10-3-2-4-12(16)7-10)14-6-5-11(8-13(14)17)15(18)19-21/h2-8,21H,9H2,1H3,(H2,18,19). The molecule has 4 nitrogen and oxygen atoms in total. The molecule has 0 aromatic heterocycles. The van der Waals surface area contributed by atoms with Gasteiger partial charge in [-0.1, -0.05) is 17.3 Å². The highest BCUT2D eigenvalue weighted by atomic mass is 19.1. The third kappa shape index (κ3) is 3.47. The van der Waals surface area contributed by atoms with Crippen LogP contribution in [0.2, 0.25) is 0 Å². The Hall–Kier alpha value is -2.63. The normalized spacial score (nSPS) is 11.5. The molecule has 0 aliphatic rings. The van der Waals surface area contributed by atoms with Gasteiger partial charge < -0.3 is 15.8 Å². The zero-order valence-corrected chi connectivity index (χ0v) is 11.4. The highest BCUT2D eigenvalue weighted by Gasteiger charge is 2.11. The van der Waals surface area contributed by atoms with Crippen molar-refractivity contribution in [1.29, 1.82) is 0 Å². The lowest BCUT2D eigenvalue weighted by Crippen LogP contribution is -2.19. The van der Waals surface area contributed by atoms with E-state index in [0.29, 0.717) is 12.2 Å². The maximum Gasteiger partial charge on any atom is 0.170 e. The lowest BCUT2D eigenvalue weighted by molar-refractivity contribution is 0.318. The average molecular weight is 291 g/mol. The van der Waals surface area contributed by atoms with E-state index in [1.54, 1.807) is 30.1 Å². The lowest BCUT2D eigenvalue weighted by Gasteiger charge is -2.20. The molecule has 0 saturated carbocycles. The molecule has 0 amide bonds. The third-order valence-corrected chi connectivity index (χ3v) is 3.07. The molecule has 2 aromatic carbocycles. The summed E-state index contributed by atoms with van der Waals surface area (Å²) in [7, 11) is 1.70. The molecule has 0 saturated heterocycles. The van der Waals surface area contributed by atoms with Crippen LogP contribution in [0.25, 0.3) is 0 Å². The summed E-state index contributed by atoms with van der Waals surface area (Å²) in [5, 5.41) is 11.4. The molecular formula is C15H15F2N3O. The minimum Gasteiger partial charge on any atom is -0.409 e. The van der Waals surface area contributed by atoms with Crippen molar-refractivity contribution in [2.45, 2.75) is 6.54 Å². The lowest BCUT2D eigenvalue weighted by atomic mass is 10.1. The molecule has 0 heterocycles. The minimum atomic E-state index is -0.502. The summed E-state index contributed by atoms with van der Waals surface area (Å²) in [6.07, 6.45) is 0. The van der Waals surface area contributed by atoms with Crippen molar-refractivity contribution in [3.63, 3.8) is 0 Å². The molecule has 2 aromatic rings. The van der Waals surface area contributed by atoms with Crippen LogP contribution in [0, 0.1) is 11.6 Å². The maximum absolute atomic E-state index is 14.1. The number of benzene rings is 2. The monoisotopic (exact) mass is 291 g/mol. The fourth-order valence-corrected chi connectivity index (χ4v) is 2.03. The van der Waals surface area contributed by atoms with E-state index in [1.807, 2.05) is 0 Å². The van der Waals surface area contributed by atoms with Gasteiger partial charge in [-0.3, -0.25) is 0 Å². The van der Waals surface area contributed by atoms with Crippen molar-refractivity contribution in [2.75, 3.05) is 11.9 Å². The highest BCUT2D eigenvalue weighted by molar-refractivity contribution is 5.97. The highest BCUT2D eigenvalue weighted by Crippen LogP contribution is 2.21. The van der Waals surface area contributed by atoms with Gasteiger partial charge in [0.05, 0.1) is 5.69 Å². The molecule has 0 aliphatic heterocycles. The first-order chi connectivity index (χ1) is 10.0. The molecule has 0 unspecified atom stereocenters. The van der Waals surface area contributed by atoms with Gasteiger partial charge in [0.1, 0.15) is 11.6 Å². The number of anilines is 1. The van der Waals surface area contributed by atoms with Crippen LogP contribution in [0.1, 0.15) is 11.1 Å². The molecule has 110 valence electrons. The Morgan fingerprint density at radius 1 is 1.24 bits per heavy atom. The summed E-state index contributed by atoms with van der Waals surface area (Å²) in [4.78, 5) is 1.65. The Balaban J connectivity index is 2.21. The van der Waals surface area contributed by atoms with E-state index in [0.717, 1.165) is 5.56 Å². The molecule has 0 fully saturated rings. The van der Waals surface area contributed by atoms with Crippen molar-refractivity contribution in [1.82, 2.24) is 0 Å². The molecule has 0 spiro atoms. The van der Waals surface area contributed by atoms with Gasteiger partial charge in [0, 0.05) is 19.2 Å². The molecule has 0 radical (unpaired) electrons. The van der Waals surface area contributed by atoms with Crippen molar-refractivity contribution in [2.24, 2.45) is 10.9 Å². The van der Waals surface area contributed by atoms with E-state index in [9.17, 15) is 8.78 Å². The molecule has 0 aliphatic carbocycles.